The fourth-order valence-corrected chi connectivity index (χ4v) is 1.56. The number of rotatable bonds is 10. The van der Waals surface area contributed by atoms with Crippen molar-refractivity contribution in [1.82, 2.24) is 4.90 Å². The first-order valence-electron chi connectivity index (χ1n) is 6.06. The Balaban J connectivity index is 3.56. The van der Waals surface area contributed by atoms with Crippen molar-refractivity contribution < 1.29 is 14.6 Å². The minimum Gasteiger partial charge on any atom is -0.389 e. The number of methoxy groups -OCH3 is 1. The molecule has 0 aromatic carbocycles. The Morgan fingerprint density at radius 3 is 2.56 bits per heavy atom. The third-order valence-corrected chi connectivity index (χ3v) is 2.70. The molecule has 2 atom stereocenters. The third-order valence-electron chi connectivity index (χ3n) is 2.70. The van der Waals surface area contributed by atoms with Gasteiger partial charge in [0.05, 0.1) is 25.9 Å². The van der Waals surface area contributed by atoms with Crippen molar-refractivity contribution in [2.24, 2.45) is 0 Å². The smallest absolute Gasteiger partial charge is 0.0900 e. The van der Waals surface area contributed by atoms with E-state index in [4.69, 9.17) is 9.47 Å². The number of hydrogen-bond acceptors (Lipinski definition) is 4. The van der Waals surface area contributed by atoms with E-state index in [1.54, 1.807) is 7.11 Å². The van der Waals surface area contributed by atoms with Gasteiger partial charge in [-0.3, -0.25) is 0 Å². The van der Waals surface area contributed by atoms with Crippen molar-refractivity contribution in [3.05, 3.63) is 0 Å². The number of aliphatic hydroxyl groups is 1. The summed E-state index contributed by atoms with van der Waals surface area (Å²) >= 11 is 0. The summed E-state index contributed by atoms with van der Waals surface area (Å²) in [4.78, 5) is 2.17. The number of ether oxygens (including phenoxy) is 2. The van der Waals surface area contributed by atoms with Gasteiger partial charge in [-0.15, -0.1) is 0 Å². The van der Waals surface area contributed by atoms with Crippen LogP contribution in [-0.2, 0) is 9.47 Å². The predicted octanol–water partition coefficient (Wildman–Crippen LogP) is 1.13. The summed E-state index contributed by atoms with van der Waals surface area (Å²) in [6, 6.07) is 0.513. The highest BCUT2D eigenvalue weighted by Crippen LogP contribution is 2.04. The average molecular weight is 233 g/mol. The van der Waals surface area contributed by atoms with Crippen LogP contribution in [0.2, 0.25) is 0 Å². The van der Waals surface area contributed by atoms with Crippen molar-refractivity contribution in [2.75, 3.05) is 40.5 Å². The van der Waals surface area contributed by atoms with Gasteiger partial charge in [0, 0.05) is 19.7 Å². The first kappa shape index (κ1) is 15.8. The van der Waals surface area contributed by atoms with Crippen LogP contribution in [0.3, 0.4) is 0 Å². The lowest BCUT2D eigenvalue weighted by Gasteiger charge is -2.26. The Bertz CT molecular complexity index is 155. The molecule has 0 amide bonds. The molecule has 0 fully saturated rings. The molecule has 98 valence electrons. The zero-order valence-corrected chi connectivity index (χ0v) is 11.1. The zero-order valence-electron chi connectivity index (χ0n) is 11.1. The maximum absolute atomic E-state index is 9.73. The molecule has 4 nitrogen and oxygen atoms in total. The van der Waals surface area contributed by atoms with Gasteiger partial charge in [-0.25, -0.2) is 0 Å². The molecule has 0 spiro atoms. The van der Waals surface area contributed by atoms with Gasteiger partial charge in [0.2, 0.25) is 0 Å². The maximum Gasteiger partial charge on any atom is 0.0900 e. The minimum atomic E-state index is -0.416. The number of likely N-dealkylation sites (N-methyl/N-ethyl adjacent to an activating group) is 1. The molecule has 0 aliphatic rings. The van der Waals surface area contributed by atoms with E-state index in [2.05, 4.69) is 18.7 Å². The van der Waals surface area contributed by atoms with Crippen LogP contribution in [0, 0.1) is 0 Å². The van der Waals surface area contributed by atoms with Crippen molar-refractivity contribution in [3.63, 3.8) is 0 Å². The molecular weight excluding hydrogens is 206 g/mol. The first-order valence-corrected chi connectivity index (χ1v) is 6.06. The van der Waals surface area contributed by atoms with Crippen LogP contribution >= 0.6 is 0 Å². The van der Waals surface area contributed by atoms with E-state index in [-0.39, 0.29) is 0 Å². The van der Waals surface area contributed by atoms with Crippen molar-refractivity contribution in [1.29, 1.82) is 0 Å². The van der Waals surface area contributed by atoms with E-state index < -0.39 is 6.10 Å². The highest BCUT2D eigenvalue weighted by atomic mass is 16.5. The number of nitrogens with zero attached hydrogens (tertiary/aromatic N) is 1. The molecular formula is C12H27NO3. The topological polar surface area (TPSA) is 41.9 Å². The van der Waals surface area contributed by atoms with Gasteiger partial charge in [0.1, 0.15) is 0 Å². The minimum absolute atomic E-state index is 0.381. The van der Waals surface area contributed by atoms with E-state index in [1.165, 1.54) is 6.42 Å². The van der Waals surface area contributed by atoms with Crippen LogP contribution in [-0.4, -0.2) is 62.7 Å². The van der Waals surface area contributed by atoms with E-state index in [9.17, 15) is 5.11 Å². The Kier molecular flexibility index (Phi) is 9.92. The number of aliphatic hydroxyl groups excluding tert-OH is 1. The summed E-state index contributed by atoms with van der Waals surface area (Å²) in [7, 11) is 3.68. The summed E-state index contributed by atoms with van der Waals surface area (Å²) in [5.74, 6) is 0. The molecule has 0 bridgehead atoms. The van der Waals surface area contributed by atoms with Gasteiger partial charge in [-0.1, -0.05) is 13.3 Å². The maximum atomic E-state index is 9.73. The molecule has 0 aromatic heterocycles. The third kappa shape index (κ3) is 8.05. The van der Waals surface area contributed by atoms with E-state index in [0.717, 1.165) is 6.42 Å². The van der Waals surface area contributed by atoms with Crippen LogP contribution in [0.25, 0.3) is 0 Å². The van der Waals surface area contributed by atoms with Gasteiger partial charge in [0.25, 0.3) is 0 Å². The molecule has 0 aliphatic heterocycles. The van der Waals surface area contributed by atoms with Crippen LogP contribution < -0.4 is 0 Å². The summed E-state index contributed by atoms with van der Waals surface area (Å²) in [5.41, 5.74) is 0. The van der Waals surface area contributed by atoms with Crippen LogP contribution in [0.1, 0.15) is 26.7 Å². The Hall–Kier alpha value is -0.160. The second kappa shape index (κ2) is 10.0. The van der Waals surface area contributed by atoms with Gasteiger partial charge >= 0.3 is 0 Å². The summed E-state index contributed by atoms with van der Waals surface area (Å²) < 4.78 is 10.1. The van der Waals surface area contributed by atoms with Gasteiger partial charge in [0.15, 0.2) is 0 Å². The number of hydrogen-bond donors (Lipinski definition) is 1. The summed E-state index contributed by atoms with van der Waals surface area (Å²) in [5, 5.41) is 9.73. The summed E-state index contributed by atoms with van der Waals surface area (Å²) in [6.45, 7) is 6.52. The highest BCUT2D eigenvalue weighted by Gasteiger charge is 2.13. The van der Waals surface area contributed by atoms with E-state index >= 15 is 0 Å². The van der Waals surface area contributed by atoms with E-state index in [0.29, 0.717) is 32.4 Å². The SMILES string of the molecule is CCCC(C)N(C)CC(O)COCCOC. The molecule has 0 saturated heterocycles. The largest absolute Gasteiger partial charge is 0.389 e. The van der Waals surface area contributed by atoms with Crippen molar-refractivity contribution in [2.45, 2.75) is 38.8 Å². The monoisotopic (exact) mass is 233 g/mol. The van der Waals surface area contributed by atoms with Crippen LogP contribution in [0.5, 0.6) is 0 Å². The van der Waals surface area contributed by atoms with Crippen molar-refractivity contribution in [3.8, 4) is 0 Å². The van der Waals surface area contributed by atoms with Crippen LogP contribution in [0.4, 0.5) is 0 Å². The average Bonchev–Trinajstić information content (AvgIpc) is 2.24. The lowest BCUT2D eigenvalue weighted by atomic mass is 10.1. The Morgan fingerprint density at radius 2 is 2.00 bits per heavy atom. The van der Waals surface area contributed by atoms with Crippen molar-refractivity contribution >= 4 is 0 Å². The highest BCUT2D eigenvalue weighted by molar-refractivity contribution is 4.67. The first-order chi connectivity index (χ1) is 7.61. The molecule has 2 unspecified atom stereocenters. The molecule has 0 rings (SSSR count). The molecule has 0 aliphatic carbocycles. The van der Waals surface area contributed by atoms with Gasteiger partial charge in [-0.05, 0) is 20.4 Å². The normalized spacial score (nSPS) is 15.4. The molecule has 0 saturated carbocycles. The zero-order chi connectivity index (χ0) is 12.4. The second-order valence-corrected chi connectivity index (χ2v) is 4.30. The molecule has 1 N–H and O–H groups in total. The van der Waals surface area contributed by atoms with Gasteiger partial charge in [-0.2, -0.15) is 0 Å². The van der Waals surface area contributed by atoms with Crippen LogP contribution in [0.15, 0.2) is 0 Å². The molecule has 0 radical (unpaired) electrons. The summed E-state index contributed by atoms with van der Waals surface area (Å²) in [6.07, 6.45) is 1.92. The fraction of sp³-hybridized carbons (Fsp3) is 1.00. The lowest BCUT2D eigenvalue weighted by Crippen LogP contribution is -2.37. The molecule has 0 aromatic rings. The predicted molar refractivity (Wildman–Crippen MR) is 65.7 cm³/mol. The standard InChI is InChI=1S/C12H27NO3/c1-5-6-11(2)13(3)9-12(14)10-16-8-7-15-4/h11-12,14H,5-10H2,1-4H3. The Morgan fingerprint density at radius 1 is 1.31 bits per heavy atom. The fourth-order valence-electron chi connectivity index (χ4n) is 1.56. The van der Waals surface area contributed by atoms with Gasteiger partial charge < -0.3 is 19.5 Å². The quantitative estimate of drug-likeness (QED) is 0.574. The molecule has 0 heterocycles. The molecule has 16 heavy (non-hydrogen) atoms. The lowest BCUT2D eigenvalue weighted by molar-refractivity contribution is -0.00184. The van der Waals surface area contributed by atoms with E-state index in [1.807, 2.05) is 7.05 Å². The molecule has 4 heteroatoms. The Labute approximate surface area is 99.5 Å². The second-order valence-electron chi connectivity index (χ2n) is 4.30.